The van der Waals surface area contributed by atoms with Gasteiger partial charge in [0, 0.05) is 18.5 Å². The van der Waals surface area contributed by atoms with Gasteiger partial charge in [-0.3, -0.25) is 0 Å². The molecule has 4 nitrogen and oxygen atoms in total. The molecule has 3 rings (SSSR count). The number of hydrogen-bond donors (Lipinski definition) is 0. The molecular weight excluding hydrogens is 262 g/mol. The maximum atomic E-state index is 5.85. The Morgan fingerprint density at radius 2 is 2.32 bits per heavy atom. The van der Waals surface area contributed by atoms with Crippen LogP contribution in [0.1, 0.15) is 17.1 Å². The zero-order valence-electron chi connectivity index (χ0n) is 10.6. The molecule has 0 aliphatic rings. The van der Waals surface area contributed by atoms with Crippen LogP contribution in [0.25, 0.3) is 11.2 Å². The molecule has 0 saturated heterocycles. The maximum absolute atomic E-state index is 5.85. The molecular formula is C14H14ClN3O. The first-order valence-electron chi connectivity index (χ1n) is 6.18. The van der Waals surface area contributed by atoms with Crippen LogP contribution in [0.2, 0.25) is 0 Å². The fraction of sp³-hybridized carbons (Fsp3) is 0.286. The summed E-state index contributed by atoms with van der Waals surface area (Å²) in [6.07, 6.45) is 4.25. The molecule has 0 spiro atoms. The SMILES string of the molecule is Cc1cnc2c(c1)nc(CCCl)n2Cc1ccco1. The van der Waals surface area contributed by atoms with E-state index in [4.69, 9.17) is 16.0 Å². The number of aromatic nitrogens is 3. The number of halogens is 1. The molecule has 19 heavy (non-hydrogen) atoms. The summed E-state index contributed by atoms with van der Waals surface area (Å²) in [5.74, 6) is 2.37. The van der Waals surface area contributed by atoms with E-state index in [0.29, 0.717) is 12.4 Å². The summed E-state index contributed by atoms with van der Waals surface area (Å²) in [5.41, 5.74) is 2.89. The van der Waals surface area contributed by atoms with Gasteiger partial charge in [0.05, 0.1) is 12.8 Å². The Labute approximate surface area is 116 Å². The van der Waals surface area contributed by atoms with Crippen LogP contribution in [-0.4, -0.2) is 20.4 Å². The smallest absolute Gasteiger partial charge is 0.160 e. The quantitative estimate of drug-likeness (QED) is 0.687. The van der Waals surface area contributed by atoms with E-state index < -0.39 is 0 Å². The third kappa shape index (κ3) is 2.36. The highest BCUT2D eigenvalue weighted by atomic mass is 35.5. The third-order valence-corrected chi connectivity index (χ3v) is 3.20. The standard InChI is InChI=1S/C14H14ClN3O/c1-10-7-12-14(16-8-10)18(13(17-12)4-5-15)9-11-3-2-6-19-11/h2-3,6-8H,4-5,9H2,1H3. The fourth-order valence-corrected chi connectivity index (χ4v) is 2.33. The minimum Gasteiger partial charge on any atom is -0.467 e. The number of alkyl halides is 1. The minimum absolute atomic E-state index is 0.542. The summed E-state index contributed by atoms with van der Waals surface area (Å²) in [4.78, 5) is 9.10. The van der Waals surface area contributed by atoms with Crippen molar-refractivity contribution in [2.75, 3.05) is 5.88 Å². The van der Waals surface area contributed by atoms with Gasteiger partial charge in [0.1, 0.15) is 17.1 Å². The molecule has 0 atom stereocenters. The molecule has 0 saturated carbocycles. The Morgan fingerprint density at radius 1 is 1.42 bits per heavy atom. The molecule has 0 N–H and O–H groups in total. The molecule has 0 aliphatic heterocycles. The van der Waals surface area contributed by atoms with Crippen molar-refractivity contribution in [3.63, 3.8) is 0 Å². The molecule has 3 aromatic heterocycles. The Kier molecular flexibility index (Phi) is 3.25. The minimum atomic E-state index is 0.542. The van der Waals surface area contributed by atoms with Crippen molar-refractivity contribution >= 4 is 22.8 Å². The van der Waals surface area contributed by atoms with Crippen molar-refractivity contribution in [3.05, 3.63) is 47.8 Å². The van der Waals surface area contributed by atoms with Gasteiger partial charge in [0.2, 0.25) is 0 Å². The second-order valence-electron chi connectivity index (χ2n) is 4.49. The number of nitrogens with zero attached hydrogens (tertiary/aromatic N) is 3. The van der Waals surface area contributed by atoms with E-state index in [-0.39, 0.29) is 0 Å². The molecule has 3 aromatic rings. The summed E-state index contributed by atoms with van der Waals surface area (Å²) in [7, 11) is 0. The number of rotatable bonds is 4. The van der Waals surface area contributed by atoms with Crippen molar-refractivity contribution in [3.8, 4) is 0 Å². The molecule has 0 radical (unpaired) electrons. The van der Waals surface area contributed by atoms with Crippen molar-refractivity contribution < 1.29 is 4.42 Å². The number of imidazole rings is 1. The van der Waals surface area contributed by atoms with Crippen LogP contribution < -0.4 is 0 Å². The first kappa shape index (κ1) is 12.2. The molecule has 3 heterocycles. The predicted molar refractivity (Wildman–Crippen MR) is 74.5 cm³/mol. The van der Waals surface area contributed by atoms with Crippen LogP contribution in [0.3, 0.4) is 0 Å². The van der Waals surface area contributed by atoms with Crippen molar-refractivity contribution in [1.82, 2.24) is 14.5 Å². The average Bonchev–Trinajstić information content (AvgIpc) is 2.99. The molecule has 0 bridgehead atoms. The zero-order valence-corrected chi connectivity index (χ0v) is 11.4. The van der Waals surface area contributed by atoms with Crippen molar-refractivity contribution in [2.45, 2.75) is 19.9 Å². The van der Waals surface area contributed by atoms with Crippen LogP contribution in [0.15, 0.2) is 35.1 Å². The van der Waals surface area contributed by atoms with Gasteiger partial charge in [-0.25, -0.2) is 9.97 Å². The van der Waals surface area contributed by atoms with Gasteiger partial charge < -0.3 is 8.98 Å². The number of furan rings is 1. The molecule has 0 unspecified atom stereocenters. The van der Waals surface area contributed by atoms with Crippen LogP contribution in [-0.2, 0) is 13.0 Å². The summed E-state index contributed by atoms with van der Waals surface area (Å²) >= 11 is 5.85. The normalized spacial score (nSPS) is 11.3. The Morgan fingerprint density at radius 3 is 3.05 bits per heavy atom. The molecule has 0 fully saturated rings. The molecule has 98 valence electrons. The summed E-state index contributed by atoms with van der Waals surface area (Å²) in [5, 5.41) is 0. The Balaban J connectivity index is 2.10. The lowest BCUT2D eigenvalue weighted by molar-refractivity contribution is 0.491. The average molecular weight is 276 g/mol. The van der Waals surface area contributed by atoms with Crippen molar-refractivity contribution in [1.29, 1.82) is 0 Å². The van der Waals surface area contributed by atoms with E-state index in [1.807, 2.05) is 31.3 Å². The second-order valence-corrected chi connectivity index (χ2v) is 4.87. The van der Waals surface area contributed by atoms with Gasteiger partial charge in [-0.15, -0.1) is 11.6 Å². The monoisotopic (exact) mass is 275 g/mol. The molecule has 5 heteroatoms. The van der Waals surface area contributed by atoms with Crippen molar-refractivity contribution in [2.24, 2.45) is 0 Å². The highest BCUT2D eigenvalue weighted by Crippen LogP contribution is 2.18. The largest absolute Gasteiger partial charge is 0.467 e. The lowest BCUT2D eigenvalue weighted by Gasteiger charge is -2.05. The van der Waals surface area contributed by atoms with E-state index in [1.54, 1.807) is 6.26 Å². The maximum Gasteiger partial charge on any atom is 0.160 e. The third-order valence-electron chi connectivity index (χ3n) is 3.01. The summed E-state index contributed by atoms with van der Waals surface area (Å²) < 4.78 is 7.47. The van der Waals surface area contributed by atoms with Crippen LogP contribution in [0.4, 0.5) is 0 Å². The van der Waals surface area contributed by atoms with E-state index in [9.17, 15) is 0 Å². The highest BCUT2D eigenvalue weighted by Gasteiger charge is 2.13. The second kappa shape index (κ2) is 5.05. The predicted octanol–water partition coefficient (Wildman–Crippen LogP) is 3.16. The summed E-state index contributed by atoms with van der Waals surface area (Å²) in [6.45, 7) is 2.64. The first-order chi connectivity index (χ1) is 9.28. The Hall–Kier alpha value is -1.81. The van der Waals surface area contributed by atoms with E-state index in [0.717, 1.165) is 34.7 Å². The van der Waals surface area contributed by atoms with Gasteiger partial charge in [-0.05, 0) is 30.7 Å². The lowest BCUT2D eigenvalue weighted by Crippen LogP contribution is -2.06. The van der Waals surface area contributed by atoms with E-state index in [1.165, 1.54) is 0 Å². The molecule has 0 aromatic carbocycles. The highest BCUT2D eigenvalue weighted by molar-refractivity contribution is 6.17. The molecule has 0 aliphatic carbocycles. The Bertz CT molecular complexity index is 688. The van der Waals surface area contributed by atoms with Gasteiger partial charge in [0.15, 0.2) is 5.65 Å². The van der Waals surface area contributed by atoms with Crippen LogP contribution in [0, 0.1) is 6.92 Å². The van der Waals surface area contributed by atoms with E-state index in [2.05, 4.69) is 14.5 Å². The first-order valence-corrected chi connectivity index (χ1v) is 6.71. The van der Waals surface area contributed by atoms with Gasteiger partial charge in [-0.2, -0.15) is 0 Å². The molecule has 0 amide bonds. The van der Waals surface area contributed by atoms with Gasteiger partial charge >= 0.3 is 0 Å². The lowest BCUT2D eigenvalue weighted by atomic mass is 10.3. The van der Waals surface area contributed by atoms with E-state index >= 15 is 0 Å². The number of hydrogen-bond acceptors (Lipinski definition) is 3. The van der Waals surface area contributed by atoms with Crippen LogP contribution in [0.5, 0.6) is 0 Å². The number of aryl methyl sites for hydroxylation is 2. The summed E-state index contributed by atoms with van der Waals surface area (Å²) in [6, 6.07) is 5.87. The zero-order chi connectivity index (χ0) is 13.2. The fourth-order valence-electron chi connectivity index (χ4n) is 2.16. The van der Waals surface area contributed by atoms with Gasteiger partial charge in [0.25, 0.3) is 0 Å². The van der Waals surface area contributed by atoms with Crippen LogP contribution >= 0.6 is 11.6 Å². The number of pyridine rings is 1. The number of fused-ring (bicyclic) bond motifs is 1. The topological polar surface area (TPSA) is 43.9 Å². The van der Waals surface area contributed by atoms with Gasteiger partial charge in [-0.1, -0.05) is 0 Å².